The van der Waals surface area contributed by atoms with Crippen molar-refractivity contribution in [3.8, 4) is 0 Å². The molecule has 0 aliphatic rings. The molecule has 1 atom stereocenters. The Bertz CT molecular complexity index is 177. The van der Waals surface area contributed by atoms with E-state index in [2.05, 4.69) is 0 Å². The molecule has 0 aliphatic carbocycles. The van der Waals surface area contributed by atoms with Gasteiger partial charge >= 0.3 is 29.6 Å². The largest absolute Gasteiger partial charge is 1.00 e. The van der Waals surface area contributed by atoms with Gasteiger partial charge in [-0.15, -0.1) is 0 Å². The van der Waals surface area contributed by atoms with Crippen molar-refractivity contribution in [2.75, 3.05) is 13.2 Å². The summed E-state index contributed by atoms with van der Waals surface area (Å²) < 4.78 is 28.8. The topological polar surface area (TPSA) is 94.8 Å². The Kier molecular flexibility index (Phi) is 8.30. The van der Waals surface area contributed by atoms with Crippen molar-refractivity contribution in [2.45, 2.75) is 11.7 Å². The van der Waals surface area contributed by atoms with E-state index in [0.29, 0.717) is 0 Å². The zero-order chi connectivity index (χ0) is 8.20. The van der Waals surface area contributed by atoms with Gasteiger partial charge in [-0.3, -0.25) is 4.55 Å². The standard InChI is InChI=1S/C4H10O5S.Na/c5-2-1-4(3-6)10(7,8)9;/h4-6H,1-3H2,(H,7,8,9);/q;+1. The summed E-state index contributed by atoms with van der Waals surface area (Å²) in [7, 11) is -4.19. The first-order chi connectivity index (χ1) is 4.52. The second-order valence-corrected chi connectivity index (χ2v) is 3.53. The fraction of sp³-hybridized carbons (Fsp3) is 1.00. The molecule has 11 heavy (non-hydrogen) atoms. The molecule has 1 unspecified atom stereocenters. The first kappa shape index (κ1) is 14.4. The zero-order valence-corrected chi connectivity index (χ0v) is 9.08. The van der Waals surface area contributed by atoms with Crippen LogP contribution in [0.3, 0.4) is 0 Å². The van der Waals surface area contributed by atoms with Crippen LogP contribution in [0.25, 0.3) is 0 Å². The van der Waals surface area contributed by atoms with Crippen LogP contribution in [0, 0.1) is 0 Å². The van der Waals surface area contributed by atoms with Crippen molar-refractivity contribution in [1.82, 2.24) is 0 Å². The molecule has 7 heteroatoms. The Morgan fingerprint density at radius 1 is 1.27 bits per heavy atom. The van der Waals surface area contributed by atoms with E-state index < -0.39 is 22.0 Å². The Morgan fingerprint density at radius 2 is 1.73 bits per heavy atom. The molecule has 0 heterocycles. The smallest absolute Gasteiger partial charge is 0.396 e. The van der Waals surface area contributed by atoms with Crippen LogP contribution in [0.4, 0.5) is 0 Å². The molecule has 0 aromatic rings. The Hall–Kier alpha value is 0.830. The predicted molar refractivity (Wildman–Crippen MR) is 34.1 cm³/mol. The molecule has 62 valence electrons. The van der Waals surface area contributed by atoms with Gasteiger partial charge in [0.05, 0.1) is 6.61 Å². The molecule has 0 fully saturated rings. The molecule has 0 spiro atoms. The average Bonchev–Trinajstić information content (AvgIpc) is 1.80. The van der Waals surface area contributed by atoms with Gasteiger partial charge in [0.1, 0.15) is 5.25 Å². The van der Waals surface area contributed by atoms with Crippen LogP contribution in [0.1, 0.15) is 6.42 Å². The summed E-state index contributed by atoms with van der Waals surface area (Å²) in [5, 5.41) is 15.3. The van der Waals surface area contributed by atoms with Crippen LogP contribution in [-0.2, 0) is 10.1 Å². The second-order valence-electron chi connectivity index (χ2n) is 1.83. The van der Waals surface area contributed by atoms with Crippen molar-refractivity contribution < 1.29 is 52.7 Å². The zero-order valence-electron chi connectivity index (χ0n) is 6.27. The van der Waals surface area contributed by atoms with Gasteiger partial charge in [-0.2, -0.15) is 8.42 Å². The second kappa shape index (κ2) is 6.36. The number of aliphatic hydroxyl groups is 2. The molecule has 0 aromatic heterocycles. The van der Waals surface area contributed by atoms with Crippen LogP contribution in [0.5, 0.6) is 0 Å². The summed E-state index contributed by atoms with van der Waals surface area (Å²) in [4.78, 5) is 0. The van der Waals surface area contributed by atoms with E-state index in [4.69, 9.17) is 14.8 Å². The minimum absolute atomic E-state index is 0. The van der Waals surface area contributed by atoms with Crippen LogP contribution in [0.15, 0.2) is 0 Å². The first-order valence-corrected chi connectivity index (χ1v) is 4.20. The number of hydrogen-bond acceptors (Lipinski definition) is 4. The van der Waals surface area contributed by atoms with Crippen LogP contribution >= 0.6 is 0 Å². The molecule has 0 saturated heterocycles. The molecule has 0 bridgehead atoms. The summed E-state index contributed by atoms with van der Waals surface area (Å²) >= 11 is 0. The van der Waals surface area contributed by atoms with Gasteiger partial charge in [-0.1, -0.05) is 0 Å². The van der Waals surface area contributed by atoms with Gasteiger partial charge in [0.2, 0.25) is 0 Å². The SMILES string of the molecule is O=S(=O)(O)C(CO)CCO.[Na+]. The summed E-state index contributed by atoms with van der Waals surface area (Å²) in [6, 6.07) is 0. The van der Waals surface area contributed by atoms with Crippen molar-refractivity contribution >= 4 is 10.1 Å². The third-order valence-corrected chi connectivity index (χ3v) is 2.30. The monoisotopic (exact) mass is 193 g/mol. The molecule has 0 aliphatic heterocycles. The molecule has 0 rings (SSSR count). The quantitative estimate of drug-likeness (QED) is 0.310. The summed E-state index contributed by atoms with van der Waals surface area (Å²) in [6.07, 6.45) is -0.144. The van der Waals surface area contributed by atoms with Crippen molar-refractivity contribution in [2.24, 2.45) is 0 Å². The average molecular weight is 193 g/mol. The summed E-state index contributed by atoms with van der Waals surface area (Å²) in [6.45, 7) is -1.04. The number of hydrogen-bond donors (Lipinski definition) is 3. The molecule has 0 radical (unpaired) electrons. The first-order valence-electron chi connectivity index (χ1n) is 2.70. The maximum absolute atomic E-state index is 10.2. The van der Waals surface area contributed by atoms with Gasteiger partial charge in [0.25, 0.3) is 10.1 Å². The van der Waals surface area contributed by atoms with E-state index in [9.17, 15) is 8.42 Å². The fourth-order valence-electron chi connectivity index (χ4n) is 0.478. The van der Waals surface area contributed by atoms with E-state index in [-0.39, 0.29) is 42.6 Å². The van der Waals surface area contributed by atoms with E-state index in [1.54, 1.807) is 0 Å². The molecule has 5 nitrogen and oxygen atoms in total. The van der Waals surface area contributed by atoms with Crippen molar-refractivity contribution in [3.05, 3.63) is 0 Å². The Labute approximate surface area is 87.5 Å². The number of rotatable bonds is 4. The molecule has 0 saturated carbocycles. The van der Waals surface area contributed by atoms with Crippen molar-refractivity contribution in [1.29, 1.82) is 0 Å². The minimum atomic E-state index is -4.19. The minimum Gasteiger partial charge on any atom is -0.396 e. The summed E-state index contributed by atoms with van der Waals surface area (Å²) in [5.41, 5.74) is 0. The maximum atomic E-state index is 10.2. The van der Waals surface area contributed by atoms with Gasteiger partial charge in [-0.25, -0.2) is 0 Å². The Morgan fingerprint density at radius 3 is 1.82 bits per heavy atom. The van der Waals surface area contributed by atoms with Crippen molar-refractivity contribution in [3.63, 3.8) is 0 Å². The predicted octanol–water partition coefficient (Wildman–Crippen LogP) is -4.38. The van der Waals surface area contributed by atoms with E-state index in [1.807, 2.05) is 0 Å². The number of aliphatic hydroxyl groups excluding tert-OH is 2. The molecular weight excluding hydrogens is 183 g/mol. The van der Waals surface area contributed by atoms with Gasteiger partial charge in [-0.05, 0) is 6.42 Å². The van der Waals surface area contributed by atoms with E-state index in [1.165, 1.54) is 0 Å². The maximum Gasteiger partial charge on any atom is 1.00 e. The molecular formula is C4H10NaO5S+. The van der Waals surface area contributed by atoms with Gasteiger partial charge < -0.3 is 10.2 Å². The van der Waals surface area contributed by atoms with Crippen LogP contribution in [-0.4, -0.2) is 41.6 Å². The Balaban J connectivity index is 0. The van der Waals surface area contributed by atoms with Crippen LogP contribution < -0.4 is 29.6 Å². The van der Waals surface area contributed by atoms with E-state index >= 15 is 0 Å². The normalized spacial score (nSPS) is 13.7. The molecule has 0 aromatic carbocycles. The van der Waals surface area contributed by atoms with Crippen LogP contribution in [0.2, 0.25) is 0 Å². The van der Waals surface area contributed by atoms with E-state index in [0.717, 1.165) is 0 Å². The third-order valence-electron chi connectivity index (χ3n) is 1.08. The third kappa shape index (κ3) is 6.03. The summed E-state index contributed by atoms with van der Waals surface area (Å²) in [5.74, 6) is 0. The van der Waals surface area contributed by atoms with Gasteiger partial charge in [0, 0.05) is 6.61 Å². The fourth-order valence-corrected chi connectivity index (χ4v) is 1.07. The molecule has 3 N–H and O–H groups in total. The van der Waals surface area contributed by atoms with Gasteiger partial charge in [0.15, 0.2) is 0 Å². The molecule has 0 amide bonds.